The normalized spacial score (nSPS) is 15.2. The summed E-state index contributed by atoms with van der Waals surface area (Å²) in [5.74, 6) is 0. The van der Waals surface area contributed by atoms with Gasteiger partial charge in [0.25, 0.3) is 0 Å². The summed E-state index contributed by atoms with van der Waals surface area (Å²) in [7, 11) is 0. The van der Waals surface area contributed by atoms with Crippen LogP contribution in [0.2, 0.25) is 0 Å². The van der Waals surface area contributed by atoms with Gasteiger partial charge in [-0.05, 0) is 36.5 Å². The van der Waals surface area contributed by atoms with Crippen LogP contribution < -0.4 is 0 Å². The molecular formula is C14H19NO. The second-order valence-corrected chi connectivity index (χ2v) is 5.70. The fourth-order valence-electron chi connectivity index (χ4n) is 2.04. The van der Waals surface area contributed by atoms with E-state index in [9.17, 15) is 5.11 Å². The molecule has 1 N–H and O–H groups in total. The van der Waals surface area contributed by atoms with Gasteiger partial charge in [-0.2, -0.15) is 5.26 Å². The summed E-state index contributed by atoms with van der Waals surface area (Å²) < 4.78 is 0. The van der Waals surface area contributed by atoms with Crippen LogP contribution in [-0.4, -0.2) is 5.11 Å². The molecular weight excluding hydrogens is 198 g/mol. The van der Waals surface area contributed by atoms with Gasteiger partial charge in [0, 0.05) is 0 Å². The lowest BCUT2D eigenvalue weighted by Crippen LogP contribution is -2.27. The first-order valence-corrected chi connectivity index (χ1v) is 5.48. The van der Waals surface area contributed by atoms with Gasteiger partial charge in [-0.3, -0.25) is 0 Å². The van der Waals surface area contributed by atoms with Crippen LogP contribution in [0.3, 0.4) is 0 Å². The van der Waals surface area contributed by atoms with E-state index in [4.69, 9.17) is 5.26 Å². The van der Waals surface area contributed by atoms with Crippen LogP contribution in [0.1, 0.15) is 45.2 Å². The molecule has 0 heterocycles. The molecule has 0 saturated heterocycles. The van der Waals surface area contributed by atoms with Crippen molar-refractivity contribution in [2.75, 3.05) is 0 Å². The molecule has 2 nitrogen and oxygen atoms in total. The Morgan fingerprint density at radius 1 is 1.12 bits per heavy atom. The SMILES string of the molecule is CC(C)(C)C[C@](C)(O)c1ccc(C#N)cc1. The van der Waals surface area contributed by atoms with Gasteiger partial charge in [0.05, 0.1) is 17.2 Å². The van der Waals surface area contributed by atoms with E-state index in [2.05, 4.69) is 26.8 Å². The van der Waals surface area contributed by atoms with E-state index in [1.807, 2.05) is 19.1 Å². The second-order valence-electron chi connectivity index (χ2n) is 5.70. The van der Waals surface area contributed by atoms with Crippen molar-refractivity contribution in [2.45, 2.75) is 39.7 Å². The van der Waals surface area contributed by atoms with Crippen LogP contribution in [0.25, 0.3) is 0 Å². The molecule has 0 aliphatic carbocycles. The van der Waals surface area contributed by atoms with Crippen LogP contribution in [-0.2, 0) is 5.60 Å². The molecule has 1 rings (SSSR count). The van der Waals surface area contributed by atoms with Crippen LogP contribution in [0.4, 0.5) is 0 Å². The third-order valence-electron chi connectivity index (χ3n) is 2.51. The standard InChI is InChI=1S/C14H19NO/c1-13(2,3)10-14(4,16)12-7-5-11(9-15)6-8-12/h5-8,16H,10H2,1-4H3/t14-/m0/s1. The molecule has 16 heavy (non-hydrogen) atoms. The number of hydrogen-bond acceptors (Lipinski definition) is 2. The van der Waals surface area contributed by atoms with E-state index in [-0.39, 0.29) is 5.41 Å². The van der Waals surface area contributed by atoms with Gasteiger partial charge in [0.15, 0.2) is 0 Å². The maximum absolute atomic E-state index is 10.4. The number of hydrogen-bond donors (Lipinski definition) is 1. The Kier molecular flexibility index (Phi) is 3.40. The first-order valence-electron chi connectivity index (χ1n) is 5.48. The highest BCUT2D eigenvalue weighted by atomic mass is 16.3. The minimum absolute atomic E-state index is 0.0669. The van der Waals surface area contributed by atoms with Crippen LogP contribution in [0.5, 0.6) is 0 Å². The van der Waals surface area contributed by atoms with Crippen LogP contribution in [0, 0.1) is 16.7 Å². The van der Waals surface area contributed by atoms with Gasteiger partial charge in [-0.25, -0.2) is 0 Å². The third kappa shape index (κ3) is 3.36. The van der Waals surface area contributed by atoms with Crippen molar-refractivity contribution < 1.29 is 5.11 Å². The first-order chi connectivity index (χ1) is 7.24. The van der Waals surface area contributed by atoms with Gasteiger partial charge in [0.1, 0.15) is 0 Å². The summed E-state index contributed by atoms with van der Waals surface area (Å²) in [6.07, 6.45) is 0.686. The predicted molar refractivity (Wildman–Crippen MR) is 64.8 cm³/mol. The Labute approximate surface area is 97.5 Å². The van der Waals surface area contributed by atoms with Gasteiger partial charge >= 0.3 is 0 Å². The van der Waals surface area contributed by atoms with Crippen molar-refractivity contribution >= 4 is 0 Å². The zero-order valence-corrected chi connectivity index (χ0v) is 10.4. The molecule has 2 heteroatoms. The molecule has 0 aliphatic rings. The quantitative estimate of drug-likeness (QED) is 0.826. The van der Waals surface area contributed by atoms with Gasteiger partial charge in [0.2, 0.25) is 0 Å². The highest BCUT2D eigenvalue weighted by Crippen LogP contribution is 2.34. The van der Waals surface area contributed by atoms with Crippen molar-refractivity contribution in [2.24, 2.45) is 5.41 Å². The van der Waals surface area contributed by atoms with Crippen molar-refractivity contribution in [1.29, 1.82) is 5.26 Å². The maximum Gasteiger partial charge on any atom is 0.0991 e. The second kappa shape index (κ2) is 4.27. The van der Waals surface area contributed by atoms with E-state index in [1.54, 1.807) is 12.1 Å². The number of rotatable bonds is 2. The van der Waals surface area contributed by atoms with Gasteiger partial charge < -0.3 is 5.11 Å². The smallest absolute Gasteiger partial charge is 0.0991 e. The third-order valence-corrected chi connectivity index (χ3v) is 2.51. The molecule has 1 aromatic carbocycles. The van der Waals surface area contributed by atoms with Crippen molar-refractivity contribution in [3.8, 4) is 6.07 Å². The summed E-state index contributed by atoms with van der Waals surface area (Å²) in [6, 6.07) is 9.20. The molecule has 0 radical (unpaired) electrons. The van der Waals surface area contributed by atoms with Crippen molar-refractivity contribution in [3.05, 3.63) is 35.4 Å². The number of nitriles is 1. The Morgan fingerprint density at radius 2 is 1.62 bits per heavy atom. The average Bonchev–Trinajstić information content (AvgIpc) is 2.14. The summed E-state index contributed by atoms with van der Waals surface area (Å²) in [5.41, 5.74) is 0.709. The molecule has 0 aromatic heterocycles. The lowest BCUT2D eigenvalue weighted by Gasteiger charge is -2.31. The number of nitrogens with zero attached hydrogens (tertiary/aromatic N) is 1. The molecule has 0 amide bonds. The molecule has 0 spiro atoms. The molecule has 0 bridgehead atoms. The molecule has 1 atom stereocenters. The Morgan fingerprint density at radius 3 is 2.00 bits per heavy atom. The largest absolute Gasteiger partial charge is 0.385 e. The Balaban J connectivity index is 2.94. The first kappa shape index (κ1) is 12.7. The Bertz CT molecular complexity index is 390. The zero-order valence-electron chi connectivity index (χ0n) is 10.4. The minimum Gasteiger partial charge on any atom is -0.385 e. The van der Waals surface area contributed by atoms with Gasteiger partial charge in [-0.15, -0.1) is 0 Å². The van der Waals surface area contributed by atoms with E-state index >= 15 is 0 Å². The van der Waals surface area contributed by atoms with E-state index in [0.29, 0.717) is 12.0 Å². The molecule has 1 aromatic rings. The minimum atomic E-state index is -0.841. The van der Waals surface area contributed by atoms with Crippen LogP contribution >= 0.6 is 0 Å². The monoisotopic (exact) mass is 217 g/mol. The summed E-state index contributed by atoms with van der Waals surface area (Å²) in [4.78, 5) is 0. The highest BCUT2D eigenvalue weighted by molar-refractivity contribution is 5.33. The van der Waals surface area contributed by atoms with Gasteiger partial charge in [-0.1, -0.05) is 32.9 Å². The highest BCUT2D eigenvalue weighted by Gasteiger charge is 2.29. The average molecular weight is 217 g/mol. The lowest BCUT2D eigenvalue weighted by atomic mass is 9.79. The summed E-state index contributed by atoms with van der Waals surface area (Å²) in [5, 5.41) is 19.1. The lowest BCUT2D eigenvalue weighted by molar-refractivity contribution is 0.0151. The van der Waals surface area contributed by atoms with E-state index in [1.165, 1.54) is 0 Å². The molecule has 0 aliphatic heterocycles. The Hall–Kier alpha value is -1.33. The zero-order chi connectivity index (χ0) is 12.4. The molecule has 0 fully saturated rings. The predicted octanol–water partition coefficient (Wildman–Crippen LogP) is 3.20. The van der Waals surface area contributed by atoms with E-state index < -0.39 is 5.60 Å². The molecule has 0 saturated carbocycles. The fraction of sp³-hybridized carbons (Fsp3) is 0.500. The van der Waals surface area contributed by atoms with Crippen molar-refractivity contribution in [3.63, 3.8) is 0 Å². The maximum atomic E-state index is 10.4. The fourth-order valence-corrected chi connectivity index (χ4v) is 2.04. The van der Waals surface area contributed by atoms with Crippen molar-refractivity contribution in [1.82, 2.24) is 0 Å². The topological polar surface area (TPSA) is 44.0 Å². The van der Waals surface area contributed by atoms with Crippen LogP contribution in [0.15, 0.2) is 24.3 Å². The summed E-state index contributed by atoms with van der Waals surface area (Å²) >= 11 is 0. The summed E-state index contributed by atoms with van der Waals surface area (Å²) in [6.45, 7) is 8.13. The number of aliphatic hydroxyl groups is 1. The molecule has 86 valence electrons. The number of benzene rings is 1. The molecule has 0 unspecified atom stereocenters. The van der Waals surface area contributed by atoms with E-state index in [0.717, 1.165) is 5.56 Å².